The van der Waals surface area contributed by atoms with Crippen LogP contribution in [0.25, 0.3) is 11.4 Å². The van der Waals surface area contributed by atoms with Gasteiger partial charge in [0.05, 0.1) is 13.7 Å². The van der Waals surface area contributed by atoms with Gasteiger partial charge in [0.15, 0.2) is 0 Å². The summed E-state index contributed by atoms with van der Waals surface area (Å²) in [5.41, 5.74) is 2.97. The molecule has 0 aliphatic carbocycles. The molecule has 1 N–H and O–H groups in total. The Morgan fingerprint density at radius 1 is 1.19 bits per heavy atom. The molecule has 138 valence electrons. The normalized spacial score (nSPS) is 12.3. The van der Waals surface area contributed by atoms with Crippen LogP contribution in [0, 0.1) is 13.8 Å². The smallest absolute Gasteiger partial charge is 0.204 e. The molecule has 8 heteroatoms. The van der Waals surface area contributed by atoms with Gasteiger partial charge in [-0.1, -0.05) is 0 Å². The molecule has 2 heterocycles. The molecule has 1 aromatic carbocycles. The van der Waals surface area contributed by atoms with E-state index in [1.165, 1.54) is 4.80 Å². The van der Waals surface area contributed by atoms with Gasteiger partial charge in [-0.3, -0.25) is 0 Å². The topological polar surface area (TPSA) is 90.9 Å². The minimum absolute atomic E-state index is 0.534. The molecule has 0 amide bonds. The van der Waals surface area contributed by atoms with Crippen molar-refractivity contribution >= 4 is 0 Å². The van der Waals surface area contributed by atoms with E-state index in [1.807, 2.05) is 43.8 Å². The van der Waals surface area contributed by atoms with E-state index < -0.39 is 6.10 Å². The van der Waals surface area contributed by atoms with E-state index in [4.69, 9.17) is 4.74 Å². The van der Waals surface area contributed by atoms with Crippen molar-refractivity contribution in [1.82, 2.24) is 29.8 Å². The summed E-state index contributed by atoms with van der Waals surface area (Å²) >= 11 is 0. The molecule has 0 bridgehead atoms. The van der Waals surface area contributed by atoms with Crippen LogP contribution in [0.5, 0.6) is 5.75 Å². The molecule has 8 nitrogen and oxygen atoms in total. The van der Waals surface area contributed by atoms with Gasteiger partial charge >= 0.3 is 0 Å². The van der Waals surface area contributed by atoms with Crippen LogP contribution in [-0.4, -0.2) is 41.5 Å². The van der Waals surface area contributed by atoms with Gasteiger partial charge in [-0.05, 0) is 55.2 Å². The fourth-order valence-corrected chi connectivity index (χ4v) is 2.98. The van der Waals surface area contributed by atoms with Gasteiger partial charge in [0, 0.05) is 25.0 Å². The lowest BCUT2D eigenvalue weighted by molar-refractivity contribution is 0.143. The summed E-state index contributed by atoms with van der Waals surface area (Å²) in [7, 11) is 3.62. The zero-order valence-corrected chi connectivity index (χ0v) is 15.5. The largest absolute Gasteiger partial charge is 0.493 e. The molecule has 0 aliphatic heterocycles. The lowest BCUT2D eigenvalue weighted by atomic mass is 10.1. The Labute approximate surface area is 152 Å². The van der Waals surface area contributed by atoms with Crippen molar-refractivity contribution in [2.24, 2.45) is 14.1 Å². The Morgan fingerprint density at radius 2 is 1.92 bits per heavy atom. The number of rotatable bonds is 7. The van der Waals surface area contributed by atoms with Gasteiger partial charge < -0.3 is 14.4 Å². The van der Waals surface area contributed by atoms with Gasteiger partial charge in [0.2, 0.25) is 5.82 Å². The summed E-state index contributed by atoms with van der Waals surface area (Å²) in [4.78, 5) is 5.62. The first-order chi connectivity index (χ1) is 12.5. The second-order valence-electron chi connectivity index (χ2n) is 6.44. The molecule has 1 atom stereocenters. The Morgan fingerprint density at radius 3 is 2.50 bits per heavy atom. The van der Waals surface area contributed by atoms with Crippen LogP contribution >= 0.6 is 0 Å². The molecule has 0 saturated heterocycles. The number of benzene rings is 1. The molecule has 26 heavy (non-hydrogen) atoms. The van der Waals surface area contributed by atoms with Crippen LogP contribution in [0.15, 0.2) is 24.5 Å². The molecule has 1 unspecified atom stereocenters. The highest BCUT2D eigenvalue weighted by Crippen LogP contribution is 2.29. The highest BCUT2D eigenvalue weighted by Gasteiger charge is 2.13. The van der Waals surface area contributed by atoms with E-state index in [-0.39, 0.29) is 0 Å². The molecule has 3 rings (SSSR count). The van der Waals surface area contributed by atoms with Crippen LogP contribution in [0.1, 0.15) is 35.9 Å². The van der Waals surface area contributed by atoms with Crippen molar-refractivity contribution in [2.75, 3.05) is 6.61 Å². The van der Waals surface area contributed by atoms with Crippen LogP contribution in [0.4, 0.5) is 0 Å². The molecule has 0 saturated carbocycles. The van der Waals surface area contributed by atoms with Gasteiger partial charge in [0.1, 0.15) is 17.7 Å². The number of hydrogen-bond acceptors (Lipinski definition) is 6. The predicted octanol–water partition coefficient (Wildman–Crippen LogP) is 2.12. The zero-order valence-electron chi connectivity index (χ0n) is 15.5. The first-order valence-electron chi connectivity index (χ1n) is 8.59. The summed E-state index contributed by atoms with van der Waals surface area (Å²) in [6.45, 7) is 4.54. The number of nitrogens with zero attached hydrogens (tertiary/aromatic N) is 6. The van der Waals surface area contributed by atoms with Crippen molar-refractivity contribution in [3.05, 3.63) is 41.5 Å². The van der Waals surface area contributed by atoms with Crippen LogP contribution in [0.3, 0.4) is 0 Å². The predicted molar refractivity (Wildman–Crippen MR) is 96.6 cm³/mol. The maximum Gasteiger partial charge on any atom is 0.204 e. The van der Waals surface area contributed by atoms with Crippen molar-refractivity contribution < 1.29 is 9.84 Å². The first kappa shape index (κ1) is 18.1. The fraction of sp³-hybridized carbons (Fsp3) is 0.444. The lowest BCUT2D eigenvalue weighted by Crippen LogP contribution is -2.08. The van der Waals surface area contributed by atoms with Gasteiger partial charge in [0.25, 0.3) is 0 Å². The third-order valence-electron chi connectivity index (χ3n) is 4.25. The van der Waals surface area contributed by atoms with Gasteiger partial charge in [-0.2, -0.15) is 4.80 Å². The third kappa shape index (κ3) is 3.91. The summed E-state index contributed by atoms with van der Waals surface area (Å²) in [6, 6.07) is 4.00. The SMILES string of the molecule is Cc1cc(-c2nnn(C)n2)cc(C)c1OCCCC(O)c1nccn1C. The Bertz CT molecular complexity index is 862. The van der Waals surface area contributed by atoms with Crippen LogP contribution in [-0.2, 0) is 14.1 Å². The van der Waals surface area contributed by atoms with Crippen molar-refractivity contribution in [3.63, 3.8) is 0 Å². The average Bonchev–Trinajstić information content (AvgIpc) is 3.21. The summed E-state index contributed by atoms with van der Waals surface area (Å²) in [6.07, 6.45) is 4.28. The number of aryl methyl sites for hydroxylation is 4. The molecular weight excluding hydrogens is 332 g/mol. The number of imidazole rings is 1. The van der Waals surface area contributed by atoms with Crippen molar-refractivity contribution in [1.29, 1.82) is 0 Å². The lowest BCUT2D eigenvalue weighted by Gasteiger charge is -2.14. The second kappa shape index (κ2) is 7.65. The minimum Gasteiger partial charge on any atom is -0.493 e. The Kier molecular flexibility index (Phi) is 5.32. The quantitative estimate of drug-likeness (QED) is 0.652. The number of ether oxygens (including phenoxy) is 1. The monoisotopic (exact) mass is 356 g/mol. The first-order valence-corrected chi connectivity index (χ1v) is 8.59. The van der Waals surface area contributed by atoms with Gasteiger partial charge in [-0.25, -0.2) is 4.98 Å². The molecule has 0 spiro atoms. The van der Waals surface area contributed by atoms with E-state index in [2.05, 4.69) is 20.4 Å². The number of aromatic nitrogens is 6. The van der Waals surface area contributed by atoms with E-state index in [0.717, 1.165) is 28.9 Å². The number of tetrazole rings is 1. The number of aliphatic hydroxyl groups excluding tert-OH is 1. The summed E-state index contributed by atoms with van der Waals surface area (Å²) < 4.78 is 7.79. The van der Waals surface area contributed by atoms with E-state index >= 15 is 0 Å². The van der Waals surface area contributed by atoms with Crippen LogP contribution < -0.4 is 4.74 Å². The molecule has 2 aromatic heterocycles. The maximum atomic E-state index is 10.2. The van der Waals surface area contributed by atoms with E-state index in [1.54, 1.807) is 13.2 Å². The van der Waals surface area contributed by atoms with E-state index in [9.17, 15) is 5.11 Å². The Balaban J connectivity index is 1.59. The standard InChI is InChI=1S/C18H24N6O2/c1-12-10-14(17-20-22-24(4)21-17)11-13(2)16(12)26-9-5-6-15(25)18-19-7-8-23(18)3/h7-8,10-11,15,25H,5-6,9H2,1-4H3. The second-order valence-corrected chi connectivity index (χ2v) is 6.44. The minimum atomic E-state index is -0.578. The highest BCUT2D eigenvalue weighted by molar-refractivity contribution is 5.60. The number of hydrogen-bond donors (Lipinski definition) is 1. The molecule has 0 aliphatic rings. The Hall–Kier alpha value is -2.74. The van der Waals surface area contributed by atoms with Gasteiger partial charge in [-0.15, -0.1) is 10.2 Å². The fourth-order valence-electron chi connectivity index (χ4n) is 2.98. The zero-order chi connectivity index (χ0) is 18.7. The molecule has 3 aromatic rings. The third-order valence-corrected chi connectivity index (χ3v) is 4.25. The molecule has 0 fully saturated rings. The van der Waals surface area contributed by atoms with Crippen molar-refractivity contribution in [2.45, 2.75) is 32.8 Å². The molecular formula is C18H24N6O2. The summed E-state index contributed by atoms with van der Waals surface area (Å²) in [5.74, 6) is 2.14. The molecule has 0 radical (unpaired) electrons. The highest BCUT2D eigenvalue weighted by atomic mass is 16.5. The average molecular weight is 356 g/mol. The van der Waals surface area contributed by atoms with Crippen molar-refractivity contribution in [3.8, 4) is 17.1 Å². The van der Waals surface area contributed by atoms with Crippen LogP contribution in [0.2, 0.25) is 0 Å². The summed E-state index contributed by atoms with van der Waals surface area (Å²) in [5, 5.41) is 22.4. The van der Waals surface area contributed by atoms with E-state index in [0.29, 0.717) is 24.7 Å². The maximum absolute atomic E-state index is 10.2. The number of aliphatic hydroxyl groups is 1.